The van der Waals surface area contributed by atoms with Gasteiger partial charge >= 0.3 is 0 Å². The van der Waals surface area contributed by atoms with Gasteiger partial charge in [-0.05, 0) is 24.8 Å². The lowest BCUT2D eigenvalue weighted by Gasteiger charge is -2.29. The number of aryl methyl sites for hydroxylation is 1. The highest BCUT2D eigenvalue weighted by atomic mass is 16.1. The molecule has 0 aromatic carbocycles. The lowest BCUT2D eigenvalue weighted by molar-refractivity contribution is 0.0910. The highest BCUT2D eigenvalue weighted by Gasteiger charge is 2.32. The summed E-state index contributed by atoms with van der Waals surface area (Å²) >= 11 is 0. The van der Waals surface area contributed by atoms with Crippen LogP contribution in [0.5, 0.6) is 0 Å². The normalized spacial score (nSPS) is 17.1. The molecule has 1 aliphatic carbocycles. The molecule has 3 rings (SSSR count). The predicted octanol–water partition coefficient (Wildman–Crippen LogP) is 2.52. The van der Waals surface area contributed by atoms with Gasteiger partial charge in [0.25, 0.3) is 0 Å². The van der Waals surface area contributed by atoms with Crippen LogP contribution in [0.4, 0.5) is 0 Å². The van der Waals surface area contributed by atoms with E-state index >= 15 is 0 Å². The third-order valence-corrected chi connectivity index (χ3v) is 3.70. The maximum atomic E-state index is 12.1. The first-order valence-corrected chi connectivity index (χ1v) is 6.91. The largest absolute Gasteiger partial charge is 0.294 e. The second kappa shape index (κ2) is 4.51. The van der Waals surface area contributed by atoms with Crippen LogP contribution >= 0.6 is 0 Å². The summed E-state index contributed by atoms with van der Waals surface area (Å²) in [6.07, 6.45) is 4.79. The van der Waals surface area contributed by atoms with Gasteiger partial charge in [0.15, 0.2) is 11.6 Å². The van der Waals surface area contributed by atoms with E-state index in [0.29, 0.717) is 17.8 Å². The Morgan fingerprint density at radius 3 is 2.90 bits per heavy atom. The van der Waals surface area contributed by atoms with Crippen molar-refractivity contribution in [2.75, 3.05) is 0 Å². The van der Waals surface area contributed by atoms with Gasteiger partial charge in [-0.25, -0.2) is 9.97 Å². The first-order chi connectivity index (χ1) is 9.50. The summed E-state index contributed by atoms with van der Waals surface area (Å²) < 4.78 is 1.86. The molecule has 0 amide bonds. The Hall–Kier alpha value is -2.04. The molecule has 0 bridgehead atoms. The topological polar surface area (TPSA) is 60.7 Å². The van der Waals surface area contributed by atoms with Gasteiger partial charge in [0.05, 0.1) is 11.3 Å². The summed E-state index contributed by atoms with van der Waals surface area (Å²) in [5.74, 6) is 0.792. The number of fused-ring (bicyclic) bond motifs is 1. The van der Waals surface area contributed by atoms with Crippen molar-refractivity contribution in [1.82, 2.24) is 19.7 Å². The van der Waals surface area contributed by atoms with Crippen molar-refractivity contribution < 1.29 is 4.79 Å². The lowest BCUT2D eigenvalue weighted by Crippen LogP contribution is -2.28. The van der Waals surface area contributed by atoms with E-state index in [9.17, 15) is 4.79 Å². The van der Waals surface area contributed by atoms with Crippen molar-refractivity contribution in [1.29, 1.82) is 0 Å². The number of hydrogen-bond acceptors (Lipinski definition) is 4. The summed E-state index contributed by atoms with van der Waals surface area (Å²) in [6.45, 7) is 7.01. The van der Waals surface area contributed by atoms with Crippen LogP contribution in [0.2, 0.25) is 0 Å². The van der Waals surface area contributed by atoms with Gasteiger partial charge in [-0.15, -0.1) is 0 Å². The number of carbonyl (C=O) groups excluding carboxylic acids is 1. The zero-order chi connectivity index (χ0) is 14.3. The van der Waals surface area contributed by atoms with Gasteiger partial charge < -0.3 is 0 Å². The van der Waals surface area contributed by atoms with Crippen molar-refractivity contribution in [3.8, 4) is 11.5 Å². The molecule has 5 heteroatoms. The first kappa shape index (κ1) is 13.0. The molecular formula is C15H18N4O. The average Bonchev–Trinajstić information content (AvgIpc) is 2.84. The monoisotopic (exact) mass is 270 g/mol. The van der Waals surface area contributed by atoms with Crippen molar-refractivity contribution in [3.63, 3.8) is 0 Å². The Balaban J connectivity index is 2.08. The highest BCUT2D eigenvalue weighted by molar-refractivity contribution is 5.98. The van der Waals surface area contributed by atoms with E-state index in [2.05, 4.69) is 28.9 Å². The van der Waals surface area contributed by atoms with Crippen LogP contribution in [-0.4, -0.2) is 25.5 Å². The van der Waals surface area contributed by atoms with E-state index in [1.54, 1.807) is 12.4 Å². The number of nitrogens with zero attached hydrogens (tertiary/aromatic N) is 4. The van der Waals surface area contributed by atoms with E-state index in [1.165, 1.54) is 0 Å². The van der Waals surface area contributed by atoms with Gasteiger partial charge in [-0.2, -0.15) is 5.10 Å². The number of rotatable bonds is 2. The van der Waals surface area contributed by atoms with Crippen LogP contribution in [-0.2, 0) is 13.0 Å². The number of aromatic nitrogens is 4. The molecule has 0 unspecified atom stereocenters. The van der Waals surface area contributed by atoms with Crippen LogP contribution in [0.3, 0.4) is 0 Å². The molecule has 0 saturated heterocycles. The third kappa shape index (κ3) is 2.13. The maximum absolute atomic E-state index is 12.1. The summed E-state index contributed by atoms with van der Waals surface area (Å²) in [4.78, 5) is 21.1. The van der Waals surface area contributed by atoms with Crippen molar-refractivity contribution in [3.05, 3.63) is 29.7 Å². The van der Waals surface area contributed by atoms with Crippen LogP contribution in [0, 0.1) is 5.41 Å². The average molecular weight is 270 g/mol. The van der Waals surface area contributed by atoms with Crippen LogP contribution < -0.4 is 0 Å². The summed E-state index contributed by atoms with van der Waals surface area (Å²) in [6, 6.07) is 1.90. The number of carbonyl (C=O) groups is 1. The summed E-state index contributed by atoms with van der Waals surface area (Å²) in [5, 5.41) is 4.24. The van der Waals surface area contributed by atoms with Crippen molar-refractivity contribution >= 4 is 5.78 Å². The van der Waals surface area contributed by atoms with Gasteiger partial charge in [-0.3, -0.25) is 9.48 Å². The minimum Gasteiger partial charge on any atom is -0.294 e. The Morgan fingerprint density at radius 1 is 1.35 bits per heavy atom. The molecule has 20 heavy (non-hydrogen) atoms. The molecule has 5 nitrogen and oxygen atoms in total. The molecule has 2 heterocycles. The smallest absolute Gasteiger partial charge is 0.178 e. The van der Waals surface area contributed by atoms with Crippen LogP contribution in [0.25, 0.3) is 11.5 Å². The maximum Gasteiger partial charge on any atom is 0.178 e. The summed E-state index contributed by atoms with van der Waals surface area (Å²) in [7, 11) is 0. The molecule has 0 radical (unpaired) electrons. The van der Waals surface area contributed by atoms with E-state index in [-0.39, 0.29) is 11.2 Å². The molecule has 104 valence electrons. The minimum atomic E-state index is -0.0271. The Bertz CT molecular complexity index is 672. The third-order valence-electron chi connectivity index (χ3n) is 3.70. The SMILES string of the molecule is CCn1nccc1-c1ncc2c(n1)CC(C)(C)CC2=O. The highest BCUT2D eigenvalue weighted by Crippen LogP contribution is 2.34. The lowest BCUT2D eigenvalue weighted by atomic mass is 9.76. The molecule has 2 aromatic heterocycles. The van der Waals surface area contributed by atoms with Crippen LogP contribution in [0.15, 0.2) is 18.5 Å². The molecule has 0 spiro atoms. The van der Waals surface area contributed by atoms with Gasteiger partial charge in [-0.1, -0.05) is 13.8 Å². The van der Waals surface area contributed by atoms with Gasteiger partial charge in [0.2, 0.25) is 0 Å². The van der Waals surface area contributed by atoms with Gasteiger partial charge in [0, 0.05) is 25.4 Å². The summed E-state index contributed by atoms with van der Waals surface area (Å²) in [5.41, 5.74) is 2.41. The molecule has 0 atom stereocenters. The number of ketones is 1. The molecular weight excluding hydrogens is 252 g/mol. The van der Waals surface area contributed by atoms with E-state index < -0.39 is 0 Å². The molecule has 0 N–H and O–H groups in total. The van der Waals surface area contributed by atoms with E-state index in [4.69, 9.17) is 0 Å². The molecule has 0 saturated carbocycles. The quantitative estimate of drug-likeness (QED) is 0.841. The van der Waals surface area contributed by atoms with Crippen molar-refractivity contribution in [2.45, 2.75) is 40.2 Å². The Kier molecular flexibility index (Phi) is 2.92. The van der Waals surface area contributed by atoms with Crippen LogP contribution in [0.1, 0.15) is 43.2 Å². The second-order valence-corrected chi connectivity index (χ2v) is 6.03. The Morgan fingerprint density at radius 2 is 2.15 bits per heavy atom. The Labute approximate surface area is 118 Å². The fraction of sp³-hybridized carbons (Fsp3) is 0.467. The van der Waals surface area contributed by atoms with Gasteiger partial charge in [0.1, 0.15) is 5.69 Å². The zero-order valence-electron chi connectivity index (χ0n) is 12.1. The standard InChI is InChI=1S/C15H18N4O/c1-4-19-12(5-6-17-19)14-16-9-10-11(18-14)7-15(2,3)8-13(10)20/h5-6,9H,4,7-8H2,1-3H3. The molecule has 1 aliphatic rings. The predicted molar refractivity (Wildman–Crippen MR) is 75.4 cm³/mol. The fourth-order valence-corrected chi connectivity index (χ4v) is 2.73. The molecule has 0 fully saturated rings. The number of hydrogen-bond donors (Lipinski definition) is 0. The number of Topliss-reactive ketones (excluding diaryl/α,β-unsaturated/α-hetero) is 1. The zero-order valence-corrected chi connectivity index (χ0v) is 12.1. The first-order valence-electron chi connectivity index (χ1n) is 6.91. The van der Waals surface area contributed by atoms with Crippen molar-refractivity contribution in [2.24, 2.45) is 5.41 Å². The second-order valence-electron chi connectivity index (χ2n) is 6.03. The molecule has 0 aliphatic heterocycles. The minimum absolute atomic E-state index is 0.0271. The van der Waals surface area contributed by atoms with E-state index in [1.807, 2.05) is 17.7 Å². The van der Waals surface area contributed by atoms with E-state index in [0.717, 1.165) is 24.4 Å². The molecule has 2 aromatic rings. The fourth-order valence-electron chi connectivity index (χ4n) is 2.73.